The highest BCUT2D eigenvalue weighted by atomic mass is 19.2. The van der Waals surface area contributed by atoms with Crippen LogP contribution in [0.2, 0.25) is 0 Å². The molecule has 3 heteroatoms. The predicted octanol–water partition coefficient (Wildman–Crippen LogP) is 3.42. The van der Waals surface area contributed by atoms with Gasteiger partial charge in [-0.15, -0.1) is 0 Å². The van der Waals surface area contributed by atoms with Gasteiger partial charge < -0.3 is 5.32 Å². The normalized spacial score (nSPS) is 17.4. The molecule has 1 aromatic rings. The first-order valence-corrected chi connectivity index (χ1v) is 5.85. The van der Waals surface area contributed by atoms with Crippen molar-refractivity contribution in [1.82, 2.24) is 5.32 Å². The minimum Gasteiger partial charge on any atom is -0.310 e. The van der Waals surface area contributed by atoms with E-state index < -0.39 is 11.6 Å². The summed E-state index contributed by atoms with van der Waals surface area (Å²) in [6.07, 6.45) is 3.89. The highest BCUT2D eigenvalue weighted by Gasteiger charge is 2.20. The molecule has 1 fully saturated rings. The summed E-state index contributed by atoms with van der Waals surface area (Å²) in [5, 5.41) is 3.33. The van der Waals surface area contributed by atoms with Crippen LogP contribution in [0.25, 0.3) is 0 Å². The predicted molar refractivity (Wildman–Crippen MR) is 60.1 cm³/mol. The van der Waals surface area contributed by atoms with Crippen LogP contribution >= 0.6 is 0 Å². The van der Waals surface area contributed by atoms with E-state index in [1.807, 2.05) is 6.92 Å². The van der Waals surface area contributed by atoms with Gasteiger partial charge in [0.1, 0.15) is 0 Å². The highest BCUT2D eigenvalue weighted by molar-refractivity contribution is 5.20. The Morgan fingerprint density at radius 1 is 1.31 bits per heavy atom. The highest BCUT2D eigenvalue weighted by Crippen LogP contribution is 2.31. The molecule has 1 saturated carbocycles. The molecular weight excluding hydrogens is 208 g/mol. The van der Waals surface area contributed by atoms with Gasteiger partial charge >= 0.3 is 0 Å². The average Bonchev–Trinajstić information content (AvgIpc) is 3.06. The van der Waals surface area contributed by atoms with E-state index in [-0.39, 0.29) is 6.04 Å². The Morgan fingerprint density at radius 2 is 2.06 bits per heavy atom. The molecule has 1 nitrogen and oxygen atoms in total. The molecule has 1 aliphatic carbocycles. The SMILES string of the molecule is CC(NCCC1CC1)c1ccc(F)c(F)c1. The molecule has 0 radical (unpaired) electrons. The quantitative estimate of drug-likeness (QED) is 0.809. The van der Waals surface area contributed by atoms with Gasteiger partial charge in [0.25, 0.3) is 0 Å². The van der Waals surface area contributed by atoms with E-state index in [9.17, 15) is 8.78 Å². The molecule has 0 amide bonds. The third kappa shape index (κ3) is 3.01. The fourth-order valence-electron chi connectivity index (χ4n) is 1.81. The summed E-state index contributed by atoms with van der Waals surface area (Å²) in [6.45, 7) is 2.92. The molecule has 1 aliphatic rings. The van der Waals surface area contributed by atoms with Gasteiger partial charge in [-0.1, -0.05) is 18.9 Å². The smallest absolute Gasteiger partial charge is 0.159 e. The van der Waals surface area contributed by atoms with Crippen LogP contribution in [0.3, 0.4) is 0 Å². The van der Waals surface area contributed by atoms with Crippen LogP contribution in [0.1, 0.15) is 37.8 Å². The summed E-state index contributed by atoms with van der Waals surface area (Å²) in [7, 11) is 0. The first-order valence-electron chi connectivity index (χ1n) is 5.85. The Bertz CT molecular complexity index is 361. The maximum absolute atomic E-state index is 13.0. The first-order chi connectivity index (χ1) is 7.66. The molecule has 0 aliphatic heterocycles. The summed E-state index contributed by atoms with van der Waals surface area (Å²) >= 11 is 0. The monoisotopic (exact) mass is 225 g/mol. The lowest BCUT2D eigenvalue weighted by Gasteiger charge is -2.14. The van der Waals surface area contributed by atoms with Crippen molar-refractivity contribution < 1.29 is 8.78 Å². The van der Waals surface area contributed by atoms with Crippen molar-refractivity contribution in [2.45, 2.75) is 32.2 Å². The van der Waals surface area contributed by atoms with Crippen molar-refractivity contribution in [3.63, 3.8) is 0 Å². The molecule has 16 heavy (non-hydrogen) atoms. The van der Waals surface area contributed by atoms with Crippen LogP contribution < -0.4 is 5.32 Å². The molecule has 1 atom stereocenters. The molecule has 0 heterocycles. The Hall–Kier alpha value is -0.960. The zero-order chi connectivity index (χ0) is 11.5. The topological polar surface area (TPSA) is 12.0 Å². The van der Waals surface area contributed by atoms with Crippen molar-refractivity contribution in [2.75, 3.05) is 6.54 Å². The minimum absolute atomic E-state index is 0.0776. The number of benzene rings is 1. The van der Waals surface area contributed by atoms with Gasteiger partial charge in [-0.2, -0.15) is 0 Å². The van der Waals surface area contributed by atoms with Gasteiger partial charge in [-0.25, -0.2) is 8.78 Å². The van der Waals surface area contributed by atoms with E-state index >= 15 is 0 Å². The molecule has 0 aromatic heterocycles. The minimum atomic E-state index is -0.783. The molecule has 0 spiro atoms. The maximum Gasteiger partial charge on any atom is 0.159 e. The summed E-state index contributed by atoms with van der Waals surface area (Å²) in [4.78, 5) is 0. The van der Waals surface area contributed by atoms with Crippen LogP contribution in [0.4, 0.5) is 8.78 Å². The average molecular weight is 225 g/mol. The standard InChI is InChI=1S/C13H17F2N/c1-9(16-7-6-10-2-3-10)11-4-5-12(14)13(15)8-11/h4-5,8-10,16H,2-3,6-7H2,1H3. The second kappa shape index (κ2) is 4.91. The lowest BCUT2D eigenvalue weighted by Crippen LogP contribution is -2.20. The maximum atomic E-state index is 13.0. The third-order valence-electron chi connectivity index (χ3n) is 3.14. The Labute approximate surface area is 94.9 Å². The van der Waals surface area contributed by atoms with Crippen LogP contribution in [0.5, 0.6) is 0 Å². The van der Waals surface area contributed by atoms with Gasteiger partial charge in [0, 0.05) is 6.04 Å². The number of rotatable bonds is 5. The largest absolute Gasteiger partial charge is 0.310 e. The molecule has 88 valence electrons. The van der Waals surface area contributed by atoms with Gasteiger partial charge in [0.05, 0.1) is 0 Å². The van der Waals surface area contributed by atoms with Crippen molar-refractivity contribution in [3.05, 3.63) is 35.4 Å². The molecule has 0 saturated heterocycles. The fraction of sp³-hybridized carbons (Fsp3) is 0.538. The molecule has 2 rings (SSSR count). The molecular formula is C13H17F2N. The van der Waals surface area contributed by atoms with Gasteiger partial charge in [0.15, 0.2) is 11.6 Å². The molecule has 0 bridgehead atoms. The van der Waals surface area contributed by atoms with Gasteiger partial charge in [0.2, 0.25) is 0 Å². The van der Waals surface area contributed by atoms with E-state index in [1.165, 1.54) is 31.4 Å². The van der Waals surface area contributed by atoms with E-state index in [2.05, 4.69) is 5.32 Å². The zero-order valence-corrected chi connectivity index (χ0v) is 9.47. The summed E-state index contributed by atoms with van der Waals surface area (Å²) in [6, 6.07) is 4.16. The second-order valence-electron chi connectivity index (χ2n) is 4.58. The fourth-order valence-corrected chi connectivity index (χ4v) is 1.81. The molecule has 1 unspecified atom stereocenters. The Balaban J connectivity index is 1.86. The molecule has 1 aromatic carbocycles. The zero-order valence-electron chi connectivity index (χ0n) is 9.47. The summed E-state index contributed by atoms with van der Waals surface area (Å²) in [5.74, 6) is -0.660. The number of halogens is 2. The number of hydrogen-bond acceptors (Lipinski definition) is 1. The first kappa shape index (κ1) is 11.5. The van der Waals surface area contributed by atoms with E-state index in [4.69, 9.17) is 0 Å². The van der Waals surface area contributed by atoms with Crippen molar-refractivity contribution in [1.29, 1.82) is 0 Å². The van der Waals surface area contributed by atoms with Gasteiger partial charge in [-0.3, -0.25) is 0 Å². The molecule has 1 N–H and O–H groups in total. The van der Waals surface area contributed by atoms with E-state index in [1.54, 1.807) is 6.07 Å². The van der Waals surface area contributed by atoms with E-state index in [0.29, 0.717) is 0 Å². The lowest BCUT2D eigenvalue weighted by atomic mass is 10.1. The number of nitrogens with one attached hydrogen (secondary N) is 1. The van der Waals surface area contributed by atoms with Gasteiger partial charge in [-0.05, 0) is 43.5 Å². The van der Waals surface area contributed by atoms with Crippen LogP contribution in [-0.4, -0.2) is 6.54 Å². The Morgan fingerprint density at radius 3 is 2.69 bits per heavy atom. The number of hydrogen-bond donors (Lipinski definition) is 1. The third-order valence-corrected chi connectivity index (χ3v) is 3.14. The van der Waals surface area contributed by atoms with E-state index in [0.717, 1.165) is 18.0 Å². The van der Waals surface area contributed by atoms with Crippen molar-refractivity contribution >= 4 is 0 Å². The van der Waals surface area contributed by atoms with Crippen LogP contribution in [0, 0.1) is 17.6 Å². The second-order valence-corrected chi connectivity index (χ2v) is 4.58. The lowest BCUT2D eigenvalue weighted by molar-refractivity contribution is 0.498. The van der Waals surface area contributed by atoms with Crippen molar-refractivity contribution in [2.24, 2.45) is 5.92 Å². The summed E-state index contributed by atoms with van der Waals surface area (Å²) in [5.41, 5.74) is 0.801. The van der Waals surface area contributed by atoms with Crippen molar-refractivity contribution in [3.8, 4) is 0 Å². The Kier molecular flexibility index (Phi) is 3.54. The summed E-state index contributed by atoms with van der Waals surface area (Å²) < 4.78 is 25.7. The van der Waals surface area contributed by atoms with Crippen LogP contribution in [0.15, 0.2) is 18.2 Å². The van der Waals surface area contributed by atoms with Crippen LogP contribution in [-0.2, 0) is 0 Å².